The number of fused-ring (bicyclic) bond motifs is 6. The van der Waals surface area contributed by atoms with Crippen LogP contribution in [0.2, 0.25) is 0 Å². The van der Waals surface area contributed by atoms with Crippen LogP contribution in [0.25, 0.3) is 22.3 Å². The van der Waals surface area contributed by atoms with E-state index in [1.807, 2.05) is 6.07 Å². The van der Waals surface area contributed by atoms with Gasteiger partial charge in [0.15, 0.2) is 23.7 Å². The van der Waals surface area contributed by atoms with Gasteiger partial charge in [-0.05, 0) is 30.5 Å². The summed E-state index contributed by atoms with van der Waals surface area (Å²) in [7, 11) is 1.62. The molecule has 0 saturated carbocycles. The van der Waals surface area contributed by atoms with Crippen LogP contribution in [0.5, 0.6) is 11.5 Å². The molecule has 6 rings (SSSR count). The van der Waals surface area contributed by atoms with Crippen LogP contribution in [0.15, 0.2) is 23.0 Å². The van der Waals surface area contributed by atoms with E-state index < -0.39 is 17.5 Å². The highest BCUT2D eigenvalue weighted by atomic mass is 16.7. The van der Waals surface area contributed by atoms with Gasteiger partial charge in [-0.15, -0.1) is 0 Å². The molecule has 12 heteroatoms. The number of pyridine rings is 2. The fourth-order valence-corrected chi connectivity index (χ4v) is 5.52. The Morgan fingerprint density at radius 1 is 1.15 bits per heavy atom. The molecule has 1 aromatic carbocycles. The van der Waals surface area contributed by atoms with E-state index in [4.69, 9.17) is 23.9 Å². The molecule has 3 aliphatic heterocycles. The number of ether oxygens (including phenoxy) is 4. The zero-order valence-electron chi connectivity index (χ0n) is 22.2. The van der Waals surface area contributed by atoms with Crippen molar-refractivity contribution < 1.29 is 38.4 Å². The number of esters is 2. The lowest BCUT2D eigenvalue weighted by Gasteiger charge is -2.31. The summed E-state index contributed by atoms with van der Waals surface area (Å²) in [4.78, 5) is 56.1. The molecule has 1 unspecified atom stereocenters. The monoisotopic (exact) mass is 549 g/mol. The fourth-order valence-electron chi connectivity index (χ4n) is 5.52. The molecule has 0 aliphatic carbocycles. The predicted octanol–water partition coefficient (Wildman–Crippen LogP) is 1.37. The lowest BCUT2D eigenvalue weighted by Crippen LogP contribution is -2.44. The molecule has 0 bridgehead atoms. The van der Waals surface area contributed by atoms with Crippen molar-refractivity contribution in [2.75, 3.05) is 27.0 Å². The van der Waals surface area contributed by atoms with Gasteiger partial charge in [-0.25, -0.2) is 9.78 Å². The lowest BCUT2D eigenvalue weighted by molar-refractivity contribution is -0.172. The van der Waals surface area contributed by atoms with E-state index in [1.54, 1.807) is 30.7 Å². The molecule has 3 aromatic rings. The summed E-state index contributed by atoms with van der Waals surface area (Å²) in [6.07, 6.45) is 0.453. The van der Waals surface area contributed by atoms with Crippen molar-refractivity contribution in [2.24, 2.45) is 0 Å². The molecule has 208 valence electrons. The average molecular weight is 550 g/mol. The summed E-state index contributed by atoms with van der Waals surface area (Å²) in [6, 6.07) is 5.28. The van der Waals surface area contributed by atoms with Crippen molar-refractivity contribution >= 4 is 28.7 Å². The summed E-state index contributed by atoms with van der Waals surface area (Å²) in [5, 5.41) is 12.0. The number of nitrogens with zero attached hydrogens (tertiary/aromatic N) is 3. The molecule has 5 heterocycles. The van der Waals surface area contributed by atoms with Crippen LogP contribution >= 0.6 is 0 Å². The summed E-state index contributed by atoms with van der Waals surface area (Å²) in [5.74, 6) is -0.557. The van der Waals surface area contributed by atoms with E-state index in [2.05, 4.69) is 0 Å². The van der Waals surface area contributed by atoms with E-state index in [1.165, 1.54) is 11.8 Å². The van der Waals surface area contributed by atoms with Gasteiger partial charge < -0.3 is 33.5 Å². The van der Waals surface area contributed by atoms with Crippen LogP contribution in [0, 0.1) is 0 Å². The molecular formula is C28H27N3O9. The van der Waals surface area contributed by atoms with Crippen LogP contribution < -0.4 is 15.0 Å². The summed E-state index contributed by atoms with van der Waals surface area (Å²) in [5.41, 5.74) is 1.49. The number of carbonyl (C=O) groups is 3. The summed E-state index contributed by atoms with van der Waals surface area (Å²) < 4.78 is 22.8. The van der Waals surface area contributed by atoms with E-state index in [0.717, 1.165) is 16.5 Å². The highest BCUT2D eigenvalue weighted by molar-refractivity contribution is 5.91. The number of likely N-dealkylation sites (N-methyl/N-ethyl adjacent to an activating group) is 1. The molecule has 12 nitrogen and oxygen atoms in total. The first-order valence-corrected chi connectivity index (χ1v) is 12.9. The Kier molecular flexibility index (Phi) is 6.02. The van der Waals surface area contributed by atoms with Crippen LogP contribution in [-0.4, -0.2) is 64.4 Å². The molecule has 0 radical (unpaired) electrons. The van der Waals surface area contributed by atoms with Crippen molar-refractivity contribution in [1.29, 1.82) is 0 Å². The van der Waals surface area contributed by atoms with Gasteiger partial charge in [0.1, 0.15) is 6.61 Å². The minimum absolute atomic E-state index is 0.0438. The quantitative estimate of drug-likeness (QED) is 0.350. The third kappa shape index (κ3) is 3.89. The number of cyclic esters (lactones) is 1. The number of carbonyl (C=O) groups excluding carboxylic acids is 3. The topological polar surface area (TPSA) is 146 Å². The lowest BCUT2D eigenvalue weighted by atomic mass is 9.86. The number of rotatable bonds is 6. The van der Waals surface area contributed by atoms with E-state index >= 15 is 0 Å². The normalized spacial score (nSPS) is 18.1. The van der Waals surface area contributed by atoms with Gasteiger partial charge in [-0.1, -0.05) is 6.92 Å². The van der Waals surface area contributed by atoms with Crippen LogP contribution in [0.3, 0.4) is 0 Å². The second-order valence-corrected chi connectivity index (χ2v) is 10.1. The van der Waals surface area contributed by atoms with Crippen LogP contribution in [0.4, 0.5) is 0 Å². The summed E-state index contributed by atoms with van der Waals surface area (Å²) in [6.45, 7) is 2.93. The molecule has 0 fully saturated rings. The Morgan fingerprint density at radius 2 is 1.90 bits per heavy atom. The molecule has 40 heavy (non-hydrogen) atoms. The molecule has 1 amide bonds. The molecule has 0 spiro atoms. The van der Waals surface area contributed by atoms with Gasteiger partial charge in [-0.3, -0.25) is 14.4 Å². The predicted molar refractivity (Wildman–Crippen MR) is 139 cm³/mol. The number of aromatic nitrogens is 2. The molecule has 1 atom stereocenters. The highest BCUT2D eigenvalue weighted by Gasteiger charge is 2.45. The molecule has 1 N–H and O–H groups in total. The minimum Gasteiger partial charge on any atom is -0.458 e. The first-order valence-electron chi connectivity index (χ1n) is 12.9. The van der Waals surface area contributed by atoms with E-state index in [-0.39, 0.29) is 55.6 Å². The second-order valence-electron chi connectivity index (χ2n) is 10.1. The van der Waals surface area contributed by atoms with Gasteiger partial charge in [0.05, 0.1) is 29.0 Å². The molecular weight excluding hydrogens is 522 g/mol. The van der Waals surface area contributed by atoms with Gasteiger partial charge in [-0.2, -0.15) is 0 Å². The second kappa shape index (κ2) is 9.33. The Hall–Kier alpha value is -4.45. The number of aliphatic hydroxyl groups is 1. The third-order valence-electron chi connectivity index (χ3n) is 7.82. The number of amides is 1. The third-order valence-corrected chi connectivity index (χ3v) is 7.82. The highest BCUT2D eigenvalue weighted by Crippen LogP contribution is 2.43. The Morgan fingerprint density at radius 3 is 2.62 bits per heavy atom. The maximum Gasteiger partial charge on any atom is 0.343 e. The number of hydrogen-bond acceptors (Lipinski definition) is 10. The van der Waals surface area contributed by atoms with Crippen molar-refractivity contribution in [3.8, 4) is 22.9 Å². The Balaban J connectivity index is 1.48. The van der Waals surface area contributed by atoms with E-state index in [9.17, 15) is 24.3 Å². The first kappa shape index (κ1) is 25.8. The fraction of sp³-hybridized carbons (Fsp3) is 0.393. The smallest absolute Gasteiger partial charge is 0.343 e. The van der Waals surface area contributed by atoms with Gasteiger partial charge in [0, 0.05) is 43.1 Å². The first-order chi connectivity index (χ1) is 19.1. The maximum absolute atomic E-state index is 13.6. The van der Waals surface area contributed by atoms with Crippen LogP contribution in [-0.2, 0) is 49.0 Å². The molecule has 0 saturated heterocycles. The van der Waals surface area contributed by atoms with Crippen molar-refractivity contribution in [3.05, 3.63) is 50.8 Å². The average Bonchev–Trinajstić information content (AvgIpc) is 3.55. The molecule has 3 aliphatic rings. The maximum atomic E-state index is 13.6. The van der Waals surface area contributed by atoms with E-state index in [0.29, 0.717) is 41.4 Å². The standard InChI is InChI=1S/C28H27N3O9/c1-4-28(36)19-8-21-25-17(10-31(21)26(34)18(19)11-38-27(28)35)15(5-6-30(3)24(33)12-37-14(2)32)16-7-22-23(40-13-39-22)9-20(16)29-25/h7-9,36H,4-6,10-13H2,1-3H3. The minimum atomic E-state index is -1.93. The van der Waals surface area contributed by atoms with Crippen molar-refractivity contribution in [1.82, 2.24) is 14.5 Å². The zero-order valence-corrected chi connectivity index (χ0v) is 22.2. The van der Waals surface area contributed by atoms with Gasteiger partial charge in [0.25, 0.3) is 11.5 Å². The number of benzene rings is 1. The summed E-state index contributed by atoms with van der Waals surface area (Å²) >= 11 is 0. The van der Waals surface area contributed by atoms with Gasteiger partial charge >= 0.3 is 11.9 Å². The van der Waals surface area contributed by atoms with Crippen molar-refractivity contribution in [3.63, 3.8) is 0 Å². The molecule has 2 aromatic heterocycles. The largest absolute Gasteiger partial charge is 0.458 e. The SMILES string of the molecule is CCC1(O)C(=O)OCc2c1cc1n(c2=O)Cc2c-1nc1cc3c(cc1c2CCN(C)C(=O)COC(C)=O)OCO3. The van der Waals surface area contributed by atoms with Crippen molar-refractivity contribution in [2.45, 2.75) is 45.4 Å². The van der Waals surface area contributed by atoms with Gasteiger partial charge in [0.2, 0.25) is 6.79 Å². The Bertz CT molecular complexity index is 1680. The van der Waals surface area contributed by atoms with Crippen LogP contribution in [0.1, 0.15) is 42.5 Å². The zero-order chi connectivity index (χ0) is 28.3. The number of hydrogen-bond donors (Lipinski definition) is 1. The Labute approximate surface area is 228 Å².